The molecular weight excluding hydrogens is 272 g/mol. The fourth-order valence-electron chi connectivity index (χ4n) is 2.41. The lowest BCUT2D eigenvalue weighted by Crippen LogP contribution is -2.43. The van der Waals surface area contributed by atoms with Crippen molar-refractivity contribution in [2.45, 2.75) is 18.9 Å². The van der Waals surface area contributed by atoms with Crippen LogP contribution in [-0.2, 0) is 9.59 Å². The van der Waals surface area contributed by atoms with Crippen molar-refractivity contribution < 1.29 is 19.4 Å². The number of ether oxygens (including phenoxy) is 1. The number of carbonyl (C=O) groups excluding carboxylic acids is 1. The summed E-state index contributed by atoms with van der Waals surface area (Å²) in [5, 5.41) is 11.8. The molecule has 0 aliphatic carbocycles. The molecule has 0 bridgehead atoms. The average molecular weight is 292 g/mol. The zero-order valence-electron chi connectivity index (χ0n) is 11.8. The van der Waals surface area contributed by atoms with E-state index in [1.807, 2.05) is 30.3 Å². The molecule has 6 heteroatoms. The van der Waals surface area contributed by atoms with Gasteiger partial charge in [0.15, 0.2) is 0 Å². The number of carboxylic acid groups (broad SMARTS) is 1. The Bertz CT molecular complexity index is 478. The van der Waals surface area contributed by atoms with Crippen LogP contribution in [-0.4, -0.2) is 54.2 Å². The van der Waals surface area contributed by atoms with E-state index >= 15 is 0 Å². The van der Waals surface area contributed by atoms with Gasteiger partial charge in [-0.1, -0.05) is 18.2 Å². The Labute approximate surface area is 123 Å². The summed E-state index contributed by atoms with van der Waals surface area (Å²) in [6, 6.07) is 8.84. The fourth-order valence-corrected chi connectivity index (χ4v) is 2.41. The number of aliphatic carboxylic acids is 1. The third-order valence-corrected chi connectivity index (χ3v) is 3.43. The number of nitrogens with zero attached hydrogens (tertiary/aromatic N) is 1. The highest BCUT2D eigenvalue weighted by molar-refractivity contribution is 5.80. The van der Waals surface area contributed by atoms with Crippen LogP contribution in [0.1, 0.15) is 12.8 Å². The van der Waals surface area contributed by atoms with Crippen LogP contribution in [0.2, 0.25) is 0 Å². The number of amides is 1. The van der Waals surface area contributed by atoms with Gasteiger partial charge < -0.3 is 15.2 Å². The molecule has 0 radical (unpaired) electrons. The molecule has 1 fully saturated rings. The largest absolute Gasteiger partial charge is 0.492 e. The van der Waals surface area contributed by atoms with Crippen molar-refractivity contribution in [2.75, 3.05) is 26.2 Å². The number of likely N-dealkylation sites (tertiary alicyclic amines) is 1. The molecule has 1 aromatic carbocycles. The molecule has 2 rings (SSSR count). The van der Waals surface area contributed by atoms with Crippen LogP contribution in [0.4, 0.5) is 0 Å². The number of carboxylic acids is 1. The number of rotatable bonds is 7. The second-order valence-electron chi connectivity index (χ2n) is 4.98. The summed E-state index contributed by atoms with van der Waals surface area (Å²) in [7, 11) is 0. The molecule has 1 saturated heterocycles. The monoisotopic (exact) mass is 292 g/mol. The number of carbonyl (C=O) groups is 2. The minimum atomic E-state index is -0.854. The van der Waals surface area contributed by atoms with Gasteiger partial charge in [0.05, 0.1) is 13.1 Å². The summed E-state index contributed by atoms with van der Waals surface area (Å²) in [6.45, 7) is 1.57. The van der Waals surface area contributed by atoms with Crippen LogP contribution < -0.4 is 10.1 Å². The maximum atomic E-state index is 11.8. The van der Waals surface area contributed by atoms with Crippen molar-refractivity contribution >= 4 is 11.9 Å². The van der Waals surface area contributed by atoms with Gasteiger partial charge in [-0.05, 0) is 31.5 Å². The second-order valence-corrected chi connectivity index (χ2v) is 4.98. The quantitative estimate of drug-likeness (QED) is 0.724. The topological polar surface area (TPSA) is 78.9 Å². The maximum absolute atomic E-state index is 11.8. The molecule has 0 spiro atoms. The Hall–Kier alpha value is -2.08. The third kappa shape index (κ3) is 4.75. The summed E-state index contributed by atoms with van der Waals surface area (Å²) >= 11 is 0. The lowest BCUT2D eigenvalue weighted by Gasteiger charge is -2.20. The van der Waals surface area contributed by atoms with E-state index < -0.39 is 12.0 Å². The summed E-state index contributed by atoms with van der Waals surface area (Å²) in [5.74, 6) is -0.259. The maximum Gasteiger partial charge on any atom is 0.320 e. The molecule has 0 unspecified atom stereocenters. The molecule has 1 aliphatic heterocycles. The van der Waals surface area contributed by atoms with E-state index in [-0.39, 0.29) is 12.5 Å². The Morgan fingerprint density at radius 1 is 1.33 bits per heavy atom. The van der Waals surface area contributed by atoms with Crippen molar-refractivity contribution in [1.29, 1.82) is 0 Å². The second kappa shape index (κ2) is 7.64. The minimum Gasteiger partial charge on any atom is -0.492 e. The summed E-state index contributed by atoms with van der Waals surface area (Å²) in [4.78, 5) is 24.5. The molecule has 0 aromatic heterocycles. The molecule has 114 valence electrons. The van der Waals surface area contributed by atoms with E-state index in [1.165, 1.54) is 0 Å². The first-order valence-electron chi connectivity index (χ1n) is 7.08. The third-order valence-electron chi connectivity index (χ3n) is 3.43. The predicted molar refractivity (Wildman–Crippen MR) is 77.2 cm³/mol. The summed E-state index contributed by atoms with van der Waals surface area (Å²) in [6.07, 6.45) is 1.43. The highest BCUT2D eigenvalue weighted by Gasteiger charge is 2.31. The van der Waals surface area contributed by atoms with Gasteiger partial charge in [0.25, 0.3) is 0 Å². The highest BCUT2D eigenvalue weighted by Crippen LogP contribution is 2.16. The van der Waals surface area contributed by atoms with Gasteiger partial charge in [-0.3, -0.25) is 14.5 Å². The standard InChI is InChI=1S/C15H20N2O4/c18-14(11-17-9-4-7-13(17)15(19)20)16-8-10-21-12-5-2-1-3-6-12/h1-3,5-6,13H,4,7-11H2,(H,16,18)(H,19,20)/t13-/m1/s1. The van der Waals surface area contributed by atoms with E-state index in [1.54, 1.807) is 4.90 Å². The molecule has 1 atom stereocenters. The van der Waals surface area contributed by atoms with Crippen LogP contribution in [0.15, 0.2) is 30.3 Å². The highest BCUT2D eigenvalue weighted by atomic mass is 16.5. The van der Waals surface area contributed by atoms with Crippen LogP contribution in [0.5, 0.6) is 5.75 Å². The summed E-state index contributed by atoms with van der Waals surface area (Å²) in [5.41, 5.74) is 0. The van der Waals surface area contributed by atoms with Gasteiger partial charge in [0.2, 0.25) is 5.91 Å². The predicted octanol–water partition coefficient (Wildman–Crippen LogP) is 0.731. The smallest absolute Gasteiger partial charge is 0.320 e. The Balaban J connectivity index is 1.65. The fraction of sp³-hybridized carbons (Fsp3) is 0.467. The Morgan fingerprint density at radius 2 is 2.10 bits per heavy atom. The van der Waals surface area contributed by atoms with E-state index in [0.717, 1.165) is 12.2 Å². The first-order valence-corrected chi connectivity index (χ1v) is 7.08. The minimum absolute atomic E-state index is 0.127. The number of benzene rings is 1. The first kappa shape index (κ1) is 15.3. The number of hydrogen-bond donors (Lipinski definition) is 2. The van der Waals surface area contributed by atoms with Crippen LogP contribution in [0, 0.1) is 0 Å². The molecule has 0 saturated carbocycles. The summed E-state index contributed by atoms with van der Waals surface area (Å²) < 4.78 is 5.46. The van der Waals surface area contributed by atoms with Crippen molar-refractivity contribution in [3.05, 3.63) is 30.3 Å². The van der Waals surface area contributed by atoms with Crippen molar-refractivity contribution in [2.24, 2.45) is 0 Å². The molecule has 1 aliphatic rings. The Kier molecular flexibility index (Phi) is 5.57. The molecule has 1 amide bonds. The van der Waals surface area contributed by atoms with E-state index in [9.17, 15) is 9.59 Å². The van der Waals surface area contributed by atoms with Crippen LogP contribution in [0.25, 0.3) is 0 Å². The van der Waals surface area contributed by atoms with Gasteiger partial charge >= 0.3 is 5.97 Å². The van der Waals surface area contributed by atoms with E-state index in [2.05, 4.69) is 5.32 Å². The zero-order valence-corrected chi connectivity index (χ0v) is 11.8. The molecule has 6 nitrogen and oxygen atoms in total. The molecule has 21 heavy (non-hydrogen) atoms. The average Bonchev–Trinajstić information content (AvgIpc) is 2.93. The normalized spacial score (nSPS) is 18.4. The number of para-hydroxylation sites is 1. The van der Waals surface area contributed by atoms with E-state index in [0.29, 0.717) is 26.1 Å². The van der Waals surface area contributed by atoms with Crippen molar-refractivity contribution in [3.63, 3.8) is 0 Å². The molecule has 1 heterocycles. The lowest BCUT2D eigenvalue weighted by molar-refractivity contribution is -0.142. The van der Waals surface area contributed by atoms with Gasteiger partial charge in [-0.2, -0.15) is 0 Å². The van der Waals surface area contributed by atoms with Crippen LogP contribution >= 0.6 is 0 Å². The van der Waals surface area contributed by atoms with Crippen LogP contribution in [0.3, 0.4) is 0 Å². The van der Waals surface area contributed by atoms with Gasteiger partial charge in [-0.25, -0.2) is 0 Å². The SMILES string of the molecule is O=C(CN1CCC[C@@H]1C(=O)O)NCCOc1ccccc1. The van der Waals surface area contributed by atoms with Crippen molar-refractivity contribution in [1.82, 2.24) is 10.2 Å². The van der Waals surface area contributed by atoms with Gasteiger partial charge in [0, 0.05) is 0 Å². The zero-order chi connectivity index (χ0) is 15.1. The number of hydrogen-bond acceptors (Lipinski definition) is 4. The van der Waals surface area contributed by atoms with Gasteiger partial charge in [0.1, 0.15) is 18.4 Å². The molecule has 2 N–H and O–H groups in total. The van der Waals surface area contributed by atoms with Crippen molar-refractivity contribution in [3.8, 4) is 5.75 Å². The number of nitrogens with one attached hydrogen (secondary N) is 1. The molecular formula is C15H20N2O4. The first-order chi connectivity index (χ1) is 10.2. The van der Waals surface area contributed by atoms with E-state index in [4.69, 9.17) is 9.84 Å². The molecule has 1 aromatic rings. The lowest BCUT2D eigenvalue weighted by atomic mass is 10.2. The van der Waals surface area contributed by atoms with Gasteiger partial charge in [-0.15, -0.1) is 0 Å². The Morgan fingerprint density at radius 3 is 2.81 bits per heavy atom.